The Morgan fingerprint density at radius 1 is 1.07 bits per heavy atom. The lowest BCUT2D eigenvalue weighted by atomic mass is 10.00. The third kappa shape index (κ3) is 2.98. The summed E-state index contributed by atoms with van der Waals surface area (Å²) in [5.41, 5.74) is 11.1. The molecule has 0 saturated heterocycles. The van der Waals surface area contributed by atoms with Crippen molar-refractivity contribution >= 4 is 38.4 Å². The number of nitrogens with zero attached hydrogens (tertiary/aromatic N) is 2. The molecular formula is C22H19N3OS2. The molecule has 0 aliphatic heterocycles. The minimum Gasteiger partial charge on any atom is -0.611 e. The fourth-order valence-electron chi connectivity index (χ4n) is 3.49. The van der Waals surface area contributed by atoms with Gasteiger partial charge >= 0.3 is 0 Å². The lowest BCUT2D eigenvalue weighted by Gasteiger charge is -2.27. The van der Waals surface area contributed by atoms with E-state index in [-0.39, 0.29) is 5.25 Å². The Morgan fingerprint density at radius 2 is 1.86 bits per heavy atom. The van der Waals surface area contributed by atoms with Gasteiger partial charge in [0, 0.05) is 34.5 Å². The summed E-state index contributed by atoms with van der Waals surface area (Å²) in [4.78, 5) is 9.92. The van der Waals surface area contributed by atoms with Crippen LogP contribution >= 0.6 is 11.3 Å². The van der Waals surface area contributed by atoms with Gasteiger partial charge in [-0.05, 0) is 48.6 Å². The van der Waals surface area contributed by atoms with Gasteiger partial charge in [0.05, 0.1) is 5.69 Å². The number of aromatic nitrogens is 2. The summed E-state index contributed by atoms with van der Waals surface area (Å²) < 4.78 is 13.8. The van der Waals surface area contributed by atoms with Gasteiger partial charge in [-0.3, -0.25) is 4.98 Å². The van der Waals surface area contributed by atoms with Crippen LogP contribution in [0.1, 0.15) is 19.3 Å². The van der Waals surface area contributed by atoms with Gasteiger partial charge in [-0.1, -0.05) is 41.7 Å². The Kier molecular flexibility index (Phi) is 4.55. The number of benzene rings is 1. The number of nitrogen functional groups attached to an aromatic ring is 1. The van der Waals surface area contributed by atoms with Gasteiger partial charge in [0.15, 0.2) is 0 Å². The van der Waals surface area contributed by atoms with Crippen LogP contribution in [0.4, 0.5) is 5.69 Å². The van der Waals surface area contributed by atoms with Crippen molar-refractivity contribution in [3.05, 3.63) is 60.9 Å². The van der Waals surface area contributed by atoms with E-state index in [2.05, 4.69) is 23.2 Å². The molecule has 3 aromatic heterocycles. The number of thiophene rings is 1. The highest BCUT2D eigenvalue weighted by Crippen LogP contribution is 2.45. The van der Waals surface area contributed by atoms with Crippen molar-refractivity contribution in [1.82, 2.24) is 9.97 Å². The van der Waals surface area contributed by atoms with E-state index in [1.807, 2.05) is 36.5 Å². The van der Waals surface area contributed by atoms with Crippen molar-refractivity contribution in [2.24, 2.45) is 0 Å². The summed E-state index contributed by atoms with van der Waals surface area (Å²) in [5, 5.41) is 1.14. The average molecular weight is 406 g/mol. The molecule has 3 heterocycles. The Balaban J connectivity index is 1.75. The number of hydrogen-bond donors (Lipinski definition) is 1. The van der Waals surface area contributed by atoms with Crippen LogP contribution in [0.3, 0.4) is 0 Å². The van der Waals surface area contributed by atoms with Crippen LogP contribution < -0.4 is 5.73 Å². The lowest BCUT2D eigenvalue weighted by molar-refractivity contribution is 0.478. The molecule has 2 N–H and O–H groups in total. The summed E-state index contributed by atoms with van der Waals surface area (Å²) in [7, 11) is 0. The molecule has 0 amide bonds. The highest BCUT2D eigenvalue weighted by Gasteiger charge is 2.35. The maximum absolute atomic E-state index is 13.0. The Morgan fingerprint density at radius 3 is 2.54 bits per heavy atom. The van der Waals surface area contributed by atoms with Crippen LogP contribution in [0.15, 0.2) is 65.1 Å². The number of anilines is 1. The summed E-state index contributed by atoms with van der Waals surface area (Å²) in [6.07, 6.45) is 6.75. The van der Waals surface area contributed by atoms with Gasteiger partial charge in [0.1, 0.15) is 15.8 Å². The first-order valence-corrected chi connectivity index (χ1v) is 11.3. The molecular weight excluding hydrogens is 386 g/mol. The first kappa shape index (κ1) is 17.7. The Hall–Kier alpha value is -2.41. The largest absolute Gasteiger partial charge is 0.611 e. The monoisotopic (exact) mass is 405 g/mol. The number of nitrogens with two attached hydrogens (primary N) is 1. The predicted molar refractivity (Wildman–Crippen MR) is 117 cm³/mol. The molecule has 1 saturated carbocycles. The van der Waals surface area contributed by atoms with E-state index < -0.39 is 11.2 Å². The fraction of sp³-hybridized carbons (Fsp3) is 0.182. The maximum atomic E-state index is 13.0. The molecule has 0 spiro atoms. The number of rotatable bonds is 4. The van der Waals surface area contributed by atoms with E-state index >= 15 is 0 Å². The van der Waals surface area contributed by atoms with Crippen molar-refractivity contribution in [1.29, 1.82) is 0 Å². The van der Waals surface area contributed by atoms with Gasteiger partial charge in [0.2, 0.25) is 4.21 Å². The summed E-state index contributed by atoms with van der Waals surface area (Å²) in [6.45, 7) is 0. The highest BCUT2D eigenvalue weighted by atomic mass is 32.2. The number of pyridine rings is 2. The van der Waals surface area contributed by atoms with Gasteiger partial charge in [0.25, 0.3) is 0 Å². The second-order valence-electron chi connectivity index (χ2n) is 7.00. The molecule has 1 fully saturated rings. The van der Waals surface area contributed by atoms with Crippen LogP contribution in [0, 0.1) is 0 Å². The predicted octanol–water partition coefficient (Wildman–Crippen LogP) is 5.27. The quantitative estimate of drug-likeness (QED) is 0.470. The molecule has 5 rings (SSSR count). The SMILES string of the molecule is Nc1c([S+]([O-])C2CCC2)sc2nc(-c3cccnc3)cc(-c3ccccc3)c12. The van der Waals surface area contributed by atoms with Crippen molar-refractivity contribution in [2.45, 2.75) is 28.7 Å². The topological polar surface area (TPSA) is 74.9 Å². The van der Waals surface area contributed by atoms with Crippen LogP contribution in [-0.4, -0.2) is 19.8 Å². The molecule has 6 heteroatoms. The van der Waals surface area contributed by atoms with Gasteiger partial charge in [-0.25, -0.2) is 4.98 Å². The van der Waals surface area contributed by atoms with E-state index in [0.29, 0.717) is 5.69 Å². The van der Waals surface area contributed by atoms with E-state index in [1.165, 1.54) is 11.3 Å². The maximum Gasteiger partial charge on any atom is 0.232 e. The van der Waals surface area contributed by atoms with Gasteiger partial charge in [-0.15, -0.1) is 0 Å². The first-order chi connectivity index (χ1) is 13.7. The highest BCUT2D eigenvalue weighted by molar-refractivity contribution is 7.94. The Labute approximate surface area is 170 Å². The minimum absolute atomic E-state index is 0.230. The molecule has 140 valence electrons. The summed E-state index contributed by atoms with van der Waals surface area (Å²) in [6, 6.07) is 16.1. The lowest BCUT2D eigenvalue weighted by Crippen LogP contribution is -2.28. The van der Waals surface area contributed by atoms with Gasteiger partial charge in [-0.2, -0.15) is 0 Å². The number of fused-ring (bicyclic) bond motifs is 1. The zero-order valence-corrected chi connectivity index (χ0v) is 16.8. The minimum atomic E-state index is -1.06. The Bertz CT molecular complexity index is 1120. The van der Waals surface area contributed by atoms with Crippen molar-refractivity contribution < 1.29 is 4.55 Å². The molecule has 4 nitrogen and oxygen atoms in total. The van der Waals surface area contributed by atoms with E-state index in [9.17, 15) is 4.55 Å². The summed E-state index contributed by atoms with van der Waals surface area (Å²) >= 11 is 0.410. The van der Waals surface area contributed by atoms with E-state index in [1.54, 1.807) is 6.20 Å². The first-order valence-electron chi connectivity index (χ1n) is 9.32. The zero-order chi connectivity index (χ0) is 19.1. The van der Waals surface area contributed by atoms with Crippen molar-refractivity contribution in [3.63, 3.8) is 0 Å². The molecule has 4 aromatic rings. The average Bonchev–Trinajstić information content (AvgIpc) is 3.04. The molecule has 1 aliphatic carbocycles. The standard InChI is InChI=1S/C22H19N3OS2/c23-20-19-17(14-6-2-1-3-7-14)12-18(15-8-5-11-24-13-15)25-21(19)27-22(20)28(26)16-9-4-10-16/h1-3,5-8,11-13,16H,4,9-10,23H2. The second-order valence-corrected chi connectivity index (χ2v) is 9.92. The molecule has 1 unspecified atom stereocenters. The smallest absolute Gasteiger partial charge is 0.232 e. The van der Waals surface area contributed by atoms with E-state index in [0.717, 1.165) is 56.1 Å². The molecule has 0 radical (unpaired) electrons. The van der Waals surface area contributed by atoms with Crippen LogP contribution in [0.25, 0.3) is 32.6 Å². The van der Waals surface area contributed by atoms with E-state index in [4.69, 9.17) is 10.7 Å². The molecule has 1 aliphatic rings. The van der Waals surface area contributed by atoms with Crippen molar-refractivity contribution in [3.8, 4) is 22.4 Å². The third-order valence-corrected chi connectivity index (χ3v) is 8.54. The molecule has 28 heavy (non-hydrogen) atoms. The van der Waals surface area contributed by atoms with Crippen LogP contribution in [-0.2, 0) is 11.2 Å². The molecule has 1 aromatic carbocycles. The normalized spacial score (nSPS) is 15.5. The third-order valence-electron chi connectivity index (χ3n) is 5.24. The zero-order valence-electron chi connectivity index (χ0n) is 15.2. The summed E-state index contributed by atoms with van der Waals surface area (Å²) in [5.74, 6) is 0. The van der Waals surface area contributed by atoms with Crippen LogP contribution in [0.5, 0.6) is 0 Å². The second kappa shape index (κ2) is 7.20. The van der Waals surface area contributed by atoms with Crippen LogP contribution in [0.2, 0.25) is 0 Å². The molecule has 1 atom stereocenters. The fourth-order valence-corrected chi connectivity index (χ4v) is 6.70. The van der Waals surface area contributed by atoms with Gasteiger partial charge < -0.3 is 10.3 Å². The number of hydrogen-bond acceptors (Lipinski definition) is 5. The van der Waals surface area contributed by atoms with Crippen molar-refractivity contribution in [2.75, 3.05) is 5.73 Å². The molecule has 0 bridgehead atoms.